The summed E-state index contributed by atoms with van der Waals surface area (Å²) in [7, 11) is -2.14. The highest BCUT2D eigenvalue weighted by Crippen LogP contribution is 2.27. The van der Waals surface area contributed by atoms with Crippen LogP contribution < -0.4 is 10.1 Å². The second-order valence-electron chi connectivity index (χ2n) is 6.98. The van der Waals surface area contributed by atoms with E-state index in [9.17, 15) is 18.6 Å². The minimum Gasteiger partial charge on any atom is -0.496 e. The van der Waals surface area contributed by atoms with Crippen LogP contribution in [0.3, 0.4) is 0 Å². The summed E-state index contributed by atoms with van der Waals surface area (Å²) in [6.07, 6.45) is -0.848. The topological polar surface area (TPSA) is 99.1 Å². The van der Waals surface area contributed by atoms with Gasteiger partial charge in [-0.05, 0) is 24.6 Å². The van der Waals surface area contributed by atoms with Gasteiger partial charge in [-0.15, -0.1) is 0 Å². The Bertz CT molecular complexity index is 890. The van der Waals surface area contributed by atoms with Crippen LogP contribution in [0, 0.1) is 0 Å². The predicted molar refractivity (Wildman–Crippen MR) is 105 cm³/mol. The fourth-order valence-corrected chi connectivity index (χ4v) is 4.95. The normalized spacial score (nSPS) is 23.5. The Kier molecular flexibility index (Phi) is 6.36. The lowest BCUT2D eigenvalue weighted by atomic mass is 9.90. The number of aliphatic hydroxyl groups excluding tert-OH is 1. The number of nitrogens with one attached hydrogen (secondary N) is 1. The van der Waals surface area contributed by atoms with Gasteiger partial charge in [0.25, 0.3) is 0 Å². The van der Waals surface area contributed by atoms with Crippen LogP contribution in [0.1, 0.15) is 12.0 Å². The average molecular weight is 407 g/mol. The molecule has 2 aromatic rings. The molecular formula is C20H26N2O5S. The van der Waals surface area contributed by atoms with Crippen molar-refractivity contribution in [2.75, 3.05) is 26.7 Å². The van der Waals surface area contributed by atoms with Crippen molar-refractivity contribution in [3.8, 4) is 5.75 Å². The number of para-hydroxylation sites is 1. The summed E-state index contributed by atoms with van der Waals surface area (Å²) in [5, 5.41) is 24.4. The Hall–Kier alpha value is -1.97. The van der Waals surface area contributed by atoms with Gasteiger partial charge in [-0.3, -0.25) is 0 Å². The largest absolute Gasteiger partial charge is 0.496 e. The minimum absolute atomic E-state index is 0.0486. The second-order valence-corrected chi connectivity index (χ2v) is 8.91. The molecule has 0 aromatic heterocycles. The van der Waals surface area contributed by atoms with Gasteiger partial charge in [-0.25, -0.2) is 8.42 Å². The molecule has 1 fully saturated rings. The minimum atomic E-state index is -3.73. The van der Waals surface area contributed by atoms with E-state index in [4.69, 9.17) is 4.74 Å². The van der Waals surface area contributed by atoms with E-state index in [1.165, 1.54) is 16.4 Å². The van der Waals surface area contributed by atoms with E-state index >= 15 is 0 Å². The number of hydrogen-bond donors (Lipinski definition) is 3. The summed E-state index contributed by atoms with van der Waals surface area (Å²) < 4.78 is 32.3. The van der Waals surface area contributed by atoms with Crippen LogP contribution >= 0.6 is 0 Å². The molecule has 0 unspecified atom stereocenters. The number of aliphatic hydroxyl groups is 2. The quantitative estimate of drug-likeness (QED) is 0.634. The summed E-state index contributed by atoms with van der Waals surface area (Å²) in [5.41, 5.74) is -0.671. The lowest BCUT2D eigenvalue weighted by Gasteiger charge is -2.42. The molecule has 0 aliphatic carbocycles. The summed E-state index contributed by atoms with van der Waals surface area (Å²) in [5.74, 6) is 0.722. The predicted octanol–water partition coefficient (Wildman–Crippen LogP) is 0.971. The number of β-amino-alcohol motifs (C(OH)–C–C–N with tert-alkyl or cyclic N) is 1. The number of piperidine rings is 1. The van der Waals surface area contributed by atoms with E-state index in [1.54, 1.807) is 25.3 Å². The van der Waals surface area contributed by atoms with Gasteiger partial charge < -0.3 is 20.3 Å². The molecule has 152 valence electrons. The molecule has 0 radical (unpaired) electrons. The molecule has 1 aliphatic heterocycles. The Morgan fingerprint density at radius 1 is 1.18 bits per heavy atom. The fourth-order valence-electron chi connectivity index (χ4n) is 3.41. The molecule has 1 saturated heterocycles. The van der Waals surface area contributed by atoms with E-state index < -0.39 is 21.7 Å². The highest BCUT2D eigenvalue weighted by atomic mass is 32.2. The van der Waals surface area contributed by atoms with Crippen molar-refractivity contribution < 1.29 is 23.4 Å². The van der Waals surface area contributed by atoms with E-state index in [0.29, 0.717) is 6.54 Å². The van der Waals surface area contributed by atoms with Gasteiger partial charge >= 0.3 is 0 Å². The Labute approximate surface area is 165 Å². The van der Waals surface area contributed by atoms with Crippen LogP contribution in [-0.4, -0.2) is 61.4 Å². The molecule has 2 aromatic carbocycles. The molecule has 0 saturated carbocycles. The number of nitrogens with zero attached hydrogens (tertiary/aromatic N) is 1. The van der Waals surface area contributed by atoms with Crippen molar-refractivity contribution in [2.24, 2.45) is 0 Å². The molecule has 28 heavy (non-hydrogen) atoms. The molecule has 1 heterocycles. The molecule has 8 heteroatoms. The average Bonchev–Trinajstić information content (AvgIpc) is 2.71. The molecule has 0 amide bonds. The summed E-state index contributed by atoms with van der Waals surface area (Å²) >= 11 is 0. The number of methoxy groups -OCH3 is 1. The van der Waals surface area contributed by atoms with Crippen LogP contribution in [-0.2, 0) is 16.6 Å². The second kappa shape index (κ2) is 8.59. The Morgan fingerprint density at radius 3 is 2.57 bits per heavy atom. The summed E-state index contributed by atoms with van der Waals surface area (Å²) in [6.45, 7) is 0.453. The zero-order valence-electron chi connectivity index (χ0n) is 15.8. The number of ether oxygens (including phenoxy) is 1. The highest BCUT2D eigenvalue weighted by Gasteiger charge is 2.44. The molecular weight excluding hydrogens is 380 g/mol. The number of sulfonamides is 1. The SMILES string of the molecule is COc1ccccc1CNC[C@@]1(O)CN(S(=O)(=O)c2ccccc2)CC[C@@H]1O. The van der Waals surface area contributed by atoms with Gasteiger partial charge in [0.05, 0.1) is 18.1 Å². The van der Waals surface area contributed by atoms with E-state index in [-0.39, 0.29) is 31.0 Å². The maximum absolute atomic E-state index is 12.9. The van der Waals surface area contributed by atoms with Crippen LogP contribution in [0.2, 0.25) is 0 Å². The van der Waals surface area contributed by atoms with Gasteiger partial charge in [-0.2, -0.15) is 4.31 Å². The smallest absolute Gasteiger partial charge is 0.243 e. The lowest BCUT2D eigenvalue weighted by Crippen LogP contribution is -2.62. The number of rotatable bonds is 7. The Balaban J connectivity index is 1.69. The van der Waals surface area contributed by atoms with E-state index in [0.717, 1.165) is 11.3 Å². The third-order valence-electron chi connectivity index (χ3n) is 5.04. The van der Waals surface area contributed by atoms with Crippen molar-refractivity contribution in [1.29, 1.82) is 0 Å². The third kappa shape index (κ3) is 4.37. The summed E-state index contributed by atoms with van der Waals surface area (Å²) in [6, 6.07) is 15.6. The van der Waals surface area contributed by atoms with Gasteiger partial charge in [0.15, 0.2) is 0 Å². The van der Waals surface area contributed by atoms with Crippen LogP contribution in [0.15, 0.2) is 59.5 Å². The maximum atomic E-state index is 12.9. The van der Waals surface area contributed by atoms with E-state index in [2.05, 4.69) is 5.32 Å². The van der Waals surface area contributed by atoms with Gasteiger partial charge in [0.2, 0.25) is 10.0 Å². The molecule has 1 aliphatic rings. The van der Waals surface area contributed by atoms with Crippen molar-refractivity contribution in [2.45, 2.75) is 29.6 Å². The molecule has 2 atom stereocenters. The lowest BCUT2D eigenvalue weighted by molar-refractivity contribution is -0.104. The van der Waals surface area contributed by atoms with Crippen molar-refractivity contribution in [3.05, 3.63) is 60.2 Å². The van der Waals surface area contributed by atoms with Crippen LogP contribution in [0.5, 0.6) is 5.75 Å². The molecule has 3 N–H and O–H groups in total. The zero-order valence-corrected chi connectivity index (χ0v) is 16.6. The van der Waals surface area contributed by atoms with E-state index in [1.807, 2.05) is 24.3 Å². The number of benzene rings is 2. The first-order valence-corrected chi connectivity index (χ1v) is 10.6. The fraction of sp³-hybridized carbons (Fsp3) is 0.400. The monoisotopic (exact) mass is 406 g/mol. The number of hydrogen-bond acceptors (Lipinski definition) is 6. The summed E-state index contributed by atoms with van der Waals surface area (Å²) in [4.78, 5) is 0.177. The molecule has 7 nitrogen and oxygen atoms in total. The van der Waals surface area contributed by atoms with Crippen molar-refractivity contribution in [1.82, 2.24) is 9.62 Å². The van der Waals surface area contributed by atoms with Crippen molar-refractivity contribution >= 4 is 10.0 Å². The first kappa shape index (κ1) is 20.8. The first-order chi connectivity index (χ1) is 13.4. The molecule has 0 bridgehead atoms. The first-order valence-electron chi connectivity index (χ1n) is 9.15. The van der Waals surface area contributed by atoms with Crippen LogP contribution in [0.4, 0.5) is 0 Å². The zero-order chi connectivity index (χ0) is 20.2. The molecule has 3 rings (SSSR count). The highest BCUT2D eigenvalue weighted by molar-refractivity contribution is 7.89. The standard InChI is InChI=1S/C20H26N2O5S/c1-27-18-10-6-5-7-16(18)13-21-14-20(24)15-22(12-11-19(20)23)28(25,26)17-8-3-2-4-9-17/h2-10,19,21,23-24H,11-15H2,1H3/t19-,20+/m0/s1. The molecule has 0 spiro atoms. The van der Waals surface area contributed by atoms with Gasteiger partial charge in [0.1, 0.15) is 11.4 Å². The maximum Gasteiger partial charge on any atom is 0.243 e. The van der Waals surface area contributed by atoms with Gasteiger partial charge in [-0.1, -0.05) is 36.4 Å². The van der Waals surface area contributed by atoms with Crippen LogP contribution in [0.25, 0.3) is 0 Å². The van der Waals surface area contributed by atoms with Crippen molar-refractivity contribution in [3.63, 3.8) is 0 Å². The Morgan fingerprint density at radius 2 is 1.86 bits per heavy atom. The third-order valence-corrected chi connectivity index (χ3v) is 6.90. The van der Waals surface area contributed by atoms with Gasteiger partial charge in [0, 0.05) is 31.7 Å².